The lowest BCUT2D eigenvalue weighted by Crippen LogP contribution is -2.26. The summed E-state index contributed by atoms with van der Waals surface area (Å²) in [6, 6.07) is 22.1. The van der Waals surface area contributed by atoms with E-state index in [1.165, 1.54) is 24.3 Å². The summed E-state index contributed by atoms with van der Waals surface area (Å²) in [6.07, 6.45) is 0. The summed E-state index contributed by atoms with van der Waals surface area (Å²) in [6.45, 7) is 1.59. The van der Waals surface area contributed by atoms with Crippen LogP contribution in [-0.2, 0) is 14.8 Å². The lowest BCUT2D eigenvalue weighted by molar-refractivity contribution is -0.118. The zero-order valence-electron chi connectivity index (χ0n) is 16.2. The number of halogens is 1. The van der Waals surface area contributed by atoms with Crippen molar-refractivity contribution in [2.24, 2.45) is 0 Å². The highest BCUT2D eigenvalue weighted by atomic mass is 79.9. The maximum Gasteiger partial charge on any atom is 0.262 e. The fourth-order valence-corrected chi connectivity index (χ4v) is 4.34. The highest BCUT2D eigenvalue weighted by Gasteiger charge is 2.18. The zero-order valence-corrected chi connectivity index (χ0v) is 18.6. The molecule has 0 spiro atoms. The van der Waals surface area contributed by atoms with Crippen molar-refractivity contribution in [3.8, 4) is 5.75 Å². The van der Waals surface area contributed by atoms with Crippen molar-refractivity contribution in [2.75, 3.05) is 11.9 Å². The smallest absolute Gasteiger partial charge is 0.262 e. The van der Waals surface area contributed by atoms with Gasteiger partial charge in [0.25, 0.3) is 5.91 Å². The number of amides is 1. The van der Waals surface area contributed by atoms with Gasteiger partial charge in [-0.25, -0.2) is 13.1 Å². The number of hydrogen-bond donors (Lipinski definition) is 2. The molecular formula is C22H21BrN2O4S. The average molecular weight is 489 g/mol. The molecule has 0 saturated heterocycles. The fourth-order valence-electron chi connectivity index (χ4n) is 2.72. The van der Waals surface area contributed by atoms with Gasteiger partial charge in [-0.05, 0) is 64.8 Å². The van der Waals surface area contributed by atoms with Crippen molar-refractivity contribution in [1.29, 1.82) is 0 Å². The minimum Gasteiger partial charge on any atom is -0.484 e. The first-order valence-corrected chi connectivity index (χ1v) is 11.5. The Hall–Kier alpha value is -2.68. The Balaban J connectivity index is 1.57. The standard InChI is InChI=1S/C22H21BrN2O4S/c1-16(17-7-3-2-4-8-17)25-30(27,28)19-13-11-18(12-14-19)29-15-22(26)24-21-10-6-5-9-20(21)23/h2-14,16,25H,15H2,1H3,(H,24,26)/t16-/m1/s1. The third-order valence-electron chi connectivity index (χ3n) is 4.28. The Kier molecular flexibility index (Phi) is 7.25. The Morgan fingerprint density at radius 3 is 2.27 bits per heavy atom. The molecule has 0 aliphatic rings. The highest BCUT2D eigenvalue weighted by Crippen LogP contribution is 2.22. The van der Waals surface area contributed by atoms with E-state index in [-0.39, 0.29) is 23.5 Å². The van der Waals surface area contributed by atoms with Gasteiger partial charge in [0.1, 0.15) is 5.75 Å². The second kappa shape index (κ2) is 9.88. The molecule has 0 aliphatic carbocycles. The lowest BCUT2D eigenvalue weighted by atomic mass is 10.1. The number of nitrogens with one attached hydrogen (secondary N) is 2. The molecule has 8 heteroatoms. The minimum atomic E-state index is -3.69. The van der Waals surface area contributed by atoms with Crippen LogP contribution in [0.1, 0.15) is 18.5 Å². The SMILES string of the molecule is C[C@@H](NS(=O)(=O)c1ccc(OCC(=O)Nc2ccccc2Br)cc1)c1ccccc1. The van der Waals surface area contributed by atoms with Crippen molar-refractivity contribution in [1.82, 2.24) is 4.72 Å². The van der Waals surface area contributed by atoms with Crippen LogP contribution in [0.2, 0.25) is 0 Å². The van der Waals surface area contributed by atoms with Crippen LogP contribution in [0.15, 0.2) is 88.2 Å². The minimum absolute atomic E-state index is 0.121. The molecule has 30 heavy (non-hydrogen) atoms. The van der Waals surface area contributed by atoms with Crippen LogP contribution in [-0.4, -0.2) is 20.9 Å². The average Bonchev–Trinajstić information content (AvgIpc) is 2.74. The number of anilines is 1. The second-order valence-electron chi connectivity index (χ2n) is 6.54. The Morgan fingerprint density at radius 2 is 1.60 bits per heavy atom. The van der Waals surface area contributed by atoms with Crippen LogP contribution in [0.4, 0.5) is 5.69 Å². The molecule has 0 unspecified atom stereocenters. The van der Waals surface area contributed by atoms with Crippen molar-refractivity contribution in [3.05, 3.63) is 88.9 Å². The van der Waals surface area contributed by atoms with Crippen LogP contribution in [0, 0.1) is 0 Å². The van der Waals surface area contributed by atoms with Crippen molar-refractivity contribution < 1.29 is 17.9 Å². The molecule has 0 bridgehead atoms. The molecule has 1 atom stereocenters. The molecule has 3 rings (SSSR count). The normalized spacial score (nSPS) is 12.2. The lowest BCUT2D eigenvalue weighted by Gasteiger charge is -2.15. The van der Waals surface area contributed by atoms with Gasteiger partial charge in [0, 0.05) is 10.5 Å². The summed E-state index contributed by atoms with van der Waals surface area (Å²) in [7, 11) is -3.69. The van der Waals surface area contributed by atoms with E-state index in [0.29, 0.717) is 11.4 Å². The largest absolute Gasteiger partial charge is 0.484 e. The number of benzene rings is 3. The zero-order chi connectivity index (χ0) is 21.6. The van der Waals surface area contributed by atoms with Crippen LogP contribution < -0.4 is 14.8 Å². The van der Waals surface area contributed by atoms with E-state index in [4.69, 9.17) is 4.74 Å². The Bertz CT molecular complexity index is 1100. The maximum atomic E-state index is 12.6. The third kappa shape index (κ3) is 5.91. The molecule has 1 amide bonds. The van der Waals surface area contributed by atoms with Gasteiger partial charge in [0.2, 0.25) is 10.0 Å². The third-order valence-corrected chi connectivity index (χ3v) is 6.53. The van der Waals surface area contributed by atoms with Crippen molar-refractivity contribution >= 4 is 37.5 Å². The quantitative estimate of drug-likeness (QED) is 0.488. The number of carbonyl (C=O) groups is 1. The molecule has 3 aromatic rings. The van der Waals surface area contributed by atoms with Crippen molar-refractivity contribution in [3.63, 3.8) is 0 Å². The predicted octanol–water partition coefficient (Wildman–Crippen LogP) is 4.51. The van der Waals surface area contributed by atoms with Gasteiger partial charge >= 0.3 is 0 Å². The first-order chi connectivity index (χ1) is 14.3. The molecule has 0 heterocycles. The van der Waals surface area contributed by atoms with Gasteiger partial charge < -0.3 is 10.1 Å². The van der Waals surface area contributed by atoms with E-state index >= 15 is 0 Å². The summed E-state index contributed by atoms with van der Waals surface area (Å²) in [5, 5.41) is 2.74. The highest BCUT2D eigenvalue weighted by molar-refractivity contribution is 9.10. The molecule has 0 radical (unpaired) electrons. The first-order valence-electron chi connectivity index (χ1n) is 9.20. The van der Waals surface area contributed by atoms with Gasteiger partial charge in [0.15, 0.2) is 6.61 Å². The summed E-state index contributed by atoms with van der Waals surface area (Å²) in [5.74, 6) is 0.0734. The fraction of sp³-hybridized carbons (Fsp3) is 0.136. The van der Waals surface area contributed by atoms with Gasteiger partial charge in [-0.2, -0.15) is 0 Å². The maximum absolute atomic E-state index is 12.6. The van der Waals surface area contributed by atoms with Gasteiger partial charge in [-0.1, -0.05) is 42.5 Å². The van der Waals surface area contributed by atoms with E-state index in [9.17, 15) is 13.2 Å². The number of carbonyl (C=O) groups excluding carboxylic acids is 1. The van der Waals surface area contributed by atoms with E-state index in [2.05, 4.69) is 26.0 Å². The number of para-hydroxylation sites is 1. The first kappa shape index (κ1) is 22.0. The number of ether oxygens (including phenoxy) is 1. The van der Waals surface area contributed by atoms with E-state index in [1.807, 2.05) is 48.5 Å². The van der Waals surface area contributed by atoms with Gasteiger partial charge in [0.05, 0.1) is 10.6 Å². The molecule has 156 valence electrons. The molecule has 3 aromatic carbocycles. The summed E-state index contributed by atoms with van der Waals surface area (Å²) >= 11 is 3.36. The predicted molar refractivity (Wildman–Crippen MR) is 120 cm³/mol. The van der Waals surface area contributed by atoms with Crippen LogP contribution in [0.3, 0.4) is 0 Å². The molecule has 6 nitrogen and oxygen atoms in total. The molecule has 0 aromatic heterocycles. The molecule has 0 aliphatic heterocycles. The van der Waals surface area contributed by atoms with Gasteiger partial charge in [-0.15, -0.1) is 0 Å². The van der Waals surface area contributed by atoms with Crippen molar-refractivity contribution in [2.45, 2.75) is 17.9 Å². The van der Waals surface area contributed by atoms with Crippen LogP contribution in [0.25, 0.3) is 0 Å². The molecule has 0 saturated carbocycles. The van der Waals surface area contributed by atoms with Crippen LogP contribution >= 0.6 is 15.9 Å². The monoisotopic (exact) mass is 488 g/mol. The number of rotatable bonds is 8. The van der Waals surface area contributed by atoms with E-state index in [1.54, 1.807) is 13.0 Å². The van der Waals surface area contributed by atoms with Gasteiger partial charge in [-0.3, -0.25) is 4.79 Å². The van der Waals surface area contributed by atoms with E-state index < -0.39 is 10.0 Å². The Morgan fingerprint density at radius 1 is 0.967 bits per heavy atom. The number of hydrogen-bond acceptors (Lipinski definition) is 4. The topological polar surface area (TPSA) is 84.5 Å². The molecule has 0 fully saturated rings. The van der Waals surface area contributed by atoms with E-state index in [0.717, 1.165) is 10.0 Å². The molecular weight excluding hydrogens is 468 g/mol. The summed E-state index contributed by atoms with van der Waals surface area (Å²) in [5.41, 5.74) is 1.52. The summed E-state index contributed by atoms with van der Waals surface area (Å²) < 4.78 is 34.1. The summed E-state index contributed by atoms with van der Waals surface area (Å²) in [4.78, 5) is 12.2. The Labute approximate surface area is 184 Å². The van der Waals surface area contributed by atoms with Crippen LogP contribution in [0.5, 0.6) is 5.75 Å². The second-order valence-corrected chi connectivity index (χ2v) is 9.11. The number of sulfonamides is 1. The molecule has 2 N–H and O–H groups in total.